The lowest BCUT2D eigenvalue weighted by Crippen LogP contribution is -2.47. The van der Waals surface area contributed by atoms with Crippen LogP contribution in [-0.4, -0.2) is 46.1 Å². The number of carbonyl (C=O) groups excluding carboxylic acids is 1. The number of likely N-dealkylation sites (tertiary alicyclic amines) is 1. The number of alkyl halides is 3. The van der Waals surface area contributed by atoms with Gasteiger partial charge < -0.3 is 15.0 Å². The molecule has 1 saturated heterocycles. The van der Waals surface area contributed by atoms with E-state index in [-0.39, 0.29) is 12.1 Å². The summed E-state index contributed by atoms with van der Waals surface area (Å²) in [5.41, 5.74) is -1.39. The second-order valence-corrected chi connectivity index (χ2v) is 6.01. The number of aromatic nitrogens is 1. The van der Waals surface area contributed by atoms with Crippen LogP contribution >= 0.6 is 0 Å². The Kier molecular flexibility index (Phi) is 4.06. The Labute approximate surface area is 141 Å². The molecule has 1 aromatic heterocycles. The van der Waals surface area contributed by atoms with Gasteiger partial charge >= 0.3 is 12.1 Å². The summed E-state index contributed by atoms with van der Waals surface area (Å²) in [5, 5.41) is 9.10. The van der Waals surface area contributed by atoms with E-state index in [1.165, 1.54) is 6.20 Å². The molecular formula is C17H15F3N2O3. The molecule has 5 nitrogen and oxygen atoms in total. The van der Waals surface area contributed by atoms with Crippen molar-refractivity contribution in [1.82, 2.24) is 9.88 Å². The van der Waals surface area contributed by atoms with Crippen molar-refractivity contribution in [2.45, 2.75) is 12.6 Å². The van der Waals surface area contributed by atoms with Gasteiger partial charge in [-0.25, -0.2) is 0 Å². The Morgan fingerprint density at radius 1 is 1.16 bits per heavy atom. The van der Waals surface area contributed by atoms with E-state index in [0.717, 1.165) is 10.5 Å². The topological polar surface area (TPSA) is 73.4 Å². The number of carboxylic acid groups (broad SMARTS) is 1. The monoisotopic (exact) mass is 352 g/mol. The summed E-state index contributed by atoms with van der Waals surface area (Å²) in [5.74, 6) is -2.57. The number of H-pyrrole nitrogens is 1. The number of aromatic amines is 1. The molecule has 8 heteroatoms. The molecule has 1 aliphatic rings. The van der Waals surface area contributed by atoms with E-state index < -0.39 is 36.4 Å². The summed E-state index contributed by atoms with van der Waals surface area (Å²) in [6.45, 7) is -1.14. The van der Waals surface area contributed by atoms with Crippen molar-refractivity contribution >= 4 is 11.9 Å². The maximum atomic E-state index is 13.3. The first-order chi connectivity index (χ1) is 11.8. The van der Waals surface area contributed by atoms with Gasteiger partial charge in [0.05, 0.1) is 5.56 Å². The molecule has 0 saturated carbocycles. The van der Waals surface area contributed by atoms with Crippen LogP contribution in [0.4, 0.5) is 13.2 Å². The Balaban J connectivity index is 1.90. The van der Waals surface area contributed by atoms with Crippen molar-refractivity contribution in [3.05, 3.63) is 48.3 Å². The van der Waals surface area contributed by atoms with E-state index in [1.54, 1.807) is 30.5 Å². The largest absolute Gasteiger partial charge is 0.481 e. The van der Waals surface area contributed by atoms with E-state index in [1.807, 2.05) is 6.07 Å². The Hall–Kier alpha value is -2.77. The van der Waals surface area contributed by atoms with Gasteiger partial charge in [0, 0.05) is 31.0 Å². The highest BCUT2D eigenvalue weighted by molar-refractivity contribution is 6.01. The van der Waals surface area contributed by atoms with Crippen molar-refractivity contribution < 1.29 is 27.9 Å². The van der Waals surface area contributed by atoms with Gasteiger partial charge in [-0.2, -0.15) is 13.2 Å². The van der Waals surface area contributed by atoms with Crippen LogP contribution in [0.15, 0.2) is 42.7 Å². The molecule has 3 rings (SSSR count). The number of carbonyl (C=O) groups is 2. The predicted octanol–water partition coefficient (Wildman–Crippen LogP) is 3.16. The van der Waals surface area contributed by atoms with E-state index in [4.69, 9.17) is 5.11 Å². The zero-order valence-corrected chi connectivity index (χ0v) is 13.0. The molecule has 2 aromatic rings. The second-order valence-electron chi connectivity index (χ2n) is 6.01. The molecule has 1 atom stereocenters. The fourth-order valence-corrected chi connectivity index (χ4v) is 3.08. The van der Waals surface area contributed by atoms with Crippen molar-refractivity contribution in [2.24, 2.45) is 5.41 Å². The number of nitrogens with zero attached hydrogens (tertiary/aromatic N) is 1. The molecule has 1 unspecified atom stereocenters. The van der Waals surface area contributed by atoms with Crippen molar-refractivity contribution in [3.8, 4) is 11.1 Å². The maximum absolute atomic E-state index is 13.3. The fourth-order valence-electron chi connectivity index (χ4n) is 3.08. The Morgan fingerprint density at radius 3 is 2.40 bits per heavy atom. The third-order valence-corrected chi connectivity index (χ3v) is 4.57. The number of rotatable bonds is 3. The minimum Gasteiger partial charge on any atom is -0.481 e. The summed E-state index contributed by atoms with van der Waals surface area (Å²) >= 11 is 0. The normalized spacial score (nSPS) is 20.7. The number of hydrogen-bond acceptors (Lipinski definition) is 2. The van der Waals surface area contributed by atoms with E-state index >= 15 is 0 Å². The Bertz CT molecular complexity index is 801. The molecule has 2 heterocycles. The first kappa shape index (κ1) is 17.1. The van der Waals surface area contributed by atoms with Crippen LogP contribution in [-0.2, 0) is 4.79 Å². The number of carboxylic acids is 1. The lowest BCUT2D eigenvalue weighted by Gasteiger charge is -2.27. The van der Waals surface area contributed by atoms with Crippen LogP contribution in [0.25, 0.3) is 11.1 Å². The van der Waals surface area contributed by atoms with Crippen molar-refractivity contribution in [3.63, 3.8) is 0 Å². The first-order valence-electron chi connectivity index (χ1n) is 7.58. The van der Waals surface area contributed by atoms with E-state index in [0.29, 0.717) is 5.56 Å². The number of halogens is 3. The highest BCUT2D eigenvalue weighted by atomic mass is 19.4. The number of benzene rings is 1. The van der Waals surface area contributed by atoms with Gasteiger partial charge in [0.2, 0.25) is 0 Å². The molecule has 0 radical (unpaired) electrons. The summed E-state index contributed by atoms with van der Waals surface area (Å²) in [4.78, 5) is 27.7. The quantitative estimate of drug-likeness (QED) is 0.891. The van der Waals surface area contributed by atoms with Gasteiger partial charge in [0.1, 0.15) is 0 Å². The van der Waals surface area contributed by atoms with Gasteiger partial charge in [-0.1, -0.05) is 30.3 Å². The van der Waals surface area contributed by atoms with Crippen LogP contribution in [0.5, 0.6) is 0 Å². The van der Waals surface area contributed by atoms with Gasteiger partial charge in [-0.3, -0.25) is 9.59 Å². The predicted molar refractivity (Wildman–Crippen MR) is 82.9 cm³/mol. The highest BCUT2D eigenvalue weighted by Gasteiger charge is 2.64. The number of amides is 1. The molecule has 132 valence electrons. The van der Waals surface area contributed by atoms with Crippen LogP contribution in [0.1, 0.15) is 16.8 Å². The summed E-state index contributed by atoms with van der Waals surface area (Å²) in [6.07, 6.45) is -2.57. The van der Waals surface area contributed by atoms with Gasteiger partial charge in [0.25, 0.3) is 5.91 Å². The molecule has 0 spiro atoms. The van der Waals surface area contributed by atoms with E-state index in [2.05, 4.69) is 4.98 Å². The summed E-state index contributed by atoms with van der Waals surface area (Å²) < 4.78 is 39.8. The maximum Gasteiger partial charge on any atom is 0.406 e. The molecule has 1 amide bonds. The third kappa shape index (κ3) is 2.77. The zero-order chi connectivity index (χ0) is 18.2. The van der Waals surface area contributed by atoms with Gasteiger partial charge in [-0.05, 0) is 12.0 Å². The lowest BCUT2D eigenvalue weighted by atomic mass is 9.86. The molecule has 0 aliphatic carbocycles. The molecule has 2 N–H and O–H groups in total. The number of hydrogen-bond donors (Lipinski definition) is 2. The van der Waals surface area contributed by atoms with Crippen LogP contribution < -0.4 is 0 Å². The van der Waals surface area contributed by atoms with E-state index in [9.17, 15) is 22.8 Å². The average molecular weight is 352 g/mol. The molecular weight excluding hydrogens is 337 g/mol. The minimum atomic E-state index is -4.92. The SMILES string of the molecule is O=C(c1c[nH]cc1-c1ccccc1)N1CCC(C(=O)O)(C(F)(F)F)C1. The smallest absolute Gasteiger partial charge is 0.406 e. The molecule has 1 aromatic carbocycles. The van der Waals surface area contributed by atoms with Gasteiger partial charge in [-0.15, -0.1) is 0 Å². The highest BCUT2D eigenvalue weighted by Crippen LogP contribution is 2.46. The standard InChI is InChI=1S/C17H15F3N2O3/c18-17(19,20)16(15(24)25)6-7-22(10-16)14(23)13-9-21-8-12(13)11-4-2-1-3-5-11/h1-5,8-9,21H,6-7,10H2,(H,24,25). The summed E-state index contributed by atoms with van der Waals surface area (Å²) in [7, 11) is 0. The fraction of sp³-hybridized carbons (Fsp3) is 0.294. The molecule has 0 bridgehead atoms. The molecule has 1 aliphatic heterocycles. The van der Waals surface area contributed by atoms with Crippen molar-refractivity contribution in [1.29, 1.82) is 0 Å². The average Bonchev–Trinajstić information content (AvgIpc) is 3.22. The van der Waals surface area contributed by atoms with Crippen molar-refractivity contribution in [2.75, 3.05) is 13.1 Å². The summed E-state index contributed by atoms with van der Waals surface area (Å²) in [6, 6.07) is 8.93. The minimum absolute atomic E-state index is 0.217. The lowest BCUT2D eigenvalue weighted by molar-refractivity contribution is -0.227. The first-order valence-corrected chi connectivity index (χ1v) is 7.58. The number of aliphatic carboxylic acids is 1. The van der Waals surface area contributed by atoms with Crippen LogP contribution in [0.2, 0.25) is 0 Å². The molecule has 25 heavy (non-hydrogen) atoms. The van der Waals surface area contributed by atoms with Gasteiger partial charge in [0.15, 0.2) is 5.41 Å². The second kappa shape index (κ2) is 5.94. The van der Waals surface area contributed by atoms with Crippen LogP contribution in [0.3, 0.4) is 0 Å². The Morgan fingerprint density at radius 2 is 1.84 bits per heavy atom. The third-order valence-electron chi connectivity index (χ3n) is 4.57. The zero-order valence-electron chi connectivity index (χ0n) is 13.0. The number of nitrogens with one attached hydrogen (secondary N) is 1. The molecule has 1 fully saturated rings. The van der Waals surface area contributed by atoms with Crippen LogP contribution in [0, 0.1) is 5.41 Å².